The summed E-state index contributed by atoms with van der Waals surface area (Å²) >= 11 is 0. The lowest BCUT2D eigenvalue weighted by atomic mass is 10.1. The van der Waals surface area contributed by atoms with Gasteiger partial charge in [-0.1, -0.05) is 48.5 Å². The monoisotopic (exact) mass is 475 g/mol. The standard InChI is InChI=1S/C26H25N3O6/c1-17(24(31)28-20-13-14-22(25(32)33)23(15-20)27-18(2)30)29(21-11-7-4-8-12-21)26(34)35-16-19-9-5-3-6-10-19/h3-15,17H,16H2,1-2H3,(H,27,30)(H,28,31)(H,32,33)/t17-/m0/s1. The maximum atomic E-state index is 13.1. The average Bonchev–Trinajstić information content (AvgIpc) is 2.83. The van der Waals surface area contributed by atoms with Crippen molar-refractivity contribution in [2.24, 2.45) is 0 Å². The lowest BCUT2D eigenvalue weighted by Crippen LogP contribution is -2.46. The van der Waals surface area contributed by atoms with Crippen LogP contribution in [-0.2, 0) is 20.9 Å². The molecule has 180 valence electrons. The van der Waals surface area contributed by atoms with Gasteiger partial charge in [-0.3, -0.25) is 14.5 Å². The van der Waals surface area contributed by atoms with Crippen LogP contribution in [0.25, 0.3) is 0 Å². The average molecular weight is 476 g/mol. The molecule has 0 saturated carbocycles. The Morgan fingerprint density at radius 2 is 1.54 bits per heavy atom. The second-order valence-electron chi connectivity index (χ2n) is 7.66. The molecule has 35 heavy (non-hydrogen) atoms. The van der Waals surface area contributed by atoms with Crippen molar-refractivity contribution in [3.05, 3.63) is 90.0 Å². The lowest BCUT2D eigenvalue weighted by molar-refractivity contribution is -0.117. The molecule has 0 bridgehead atoms. The van der Waals surface area contributed by atoms with E-state index in [4.69, 9.17) is 4.74 Å². The number of carbonyl (C=O) groups is 4. The van der Waals surface area contributed by atoms with Gasteiger partial charge in [0.25, 0.3) is 0 Å². The fourth-order valence-corrected chi connectivity index (χ4v) is 3.33. The third-order valence-electron chi connectivity index (χ3n) is 5.03. The molecule has 0 saturated heterocycles. The molecule has 0 aliphatic heterocycles. The number of para-hydroxylation sites is 1. The van der Waals surface area contributed by atoms with E-state index < -0.39 is 29.9 Å². The van der Waals surface area contributed by atoms with Gasteiger partial charge in [-0.05, 0) is 42.8 Å². The predicted molar refractivity (Wildman–Crippen MR) is 131 cm³/mol. The Morgan fingerprint density at radius 1 is 0.914 bits per heavy atom. The summed E-state index contributed by atoms with van der Waals surface area (Å²) in [6, 6.07) is 20.8. The van der Waals surface area contributed by atoms with Crippen molar-refractivity contribution in [2.45, 2.75) is 26.5 Å². The number of carbonyl (C=O) groups excluding carboxylic acids is 3. The van der Waals surface area contributed by atoms with E-state index in [0.29, 0.717) is 5.69 Å². The molecule has 0 spiro atoms. The highest BCUT2D eigenvalue weighted by molar-refractivity contribution is 6.05. The zero-order valence-corrected chi connectivity index (χ0v) is 19.2. The largest absolute Gasteiger partial charge is 0.478 e. The van der Waals surface area contributed by atoms with Crippen LogP contribution in [0.2, 0.25) is 0 Å². The molecule has 0 aliphatic carbocycles. The summed E-state index contributed by atoms with van der Waals surface area (Å²) in [5.74, 6) is -2.22. The Balaban J connectivity index is 1.81. The van der Waals surface area contributed by atoms with E-state index in [2.05, 4.69) is 10.6 Å². The van der Waals surface area contributed by atoms with E-state index in [1.807, 2.05) is 30.3 Å². The number of carboxylic acids is 1. The van der Waals surface area contributed by atoms with E-state index in [-0.39, 0.29) is 23.5 Å². The molecule has 3 N–H and O–H groups in total. The smallest absolute Gasteiger partial charge is 0.415 e. The number of hydrogen-bond donors (Lipinski definition) is 3. The molecule has 1 atom stereocenters. The van der Waals surface area contributed by atoms with Crippen molar-refractivity contribution >= 4 is 40.9 Å². The minimum Gasteiger partial charge on any atom is -0.478 e. The van der Waals surface area contributed by atoms with Crippen LogP contribution in [0, 0.1) is 0 Å². The molecule has 3 aromatic rings. The van der Waals surface area contributed by atoms with Gasteiger partial charge in [0, 0.05) is 18.3 Å². The third kappa shape index (κ3) is 6.67. The van der Waals surface area contributed by atoms with E-state index >= 15 is 0 Å². The van der Waals surface area contributed by atoms with Crippen molar-refractivity contribution in [1.82, 2.24) is 0 Å². The summed E-state index contributed by atoms with van der Waals surface area (Å²) in [6.45, 7) is 2.83. The highest BCUT2D eigenvalue weighted by atomic mass is 16.6. The Hall–Kier alpha value is -4.66. The fourth-order valence-electron chi connectivity index (χ4n) is 3.33. The zero-order valence-electron chi connectivity index (χ0n) is 19.2. The quantitative estimate of drug-likeness (QED) is 0.440. The summed E-state index contributed by atoms with van der Waals surface area (Å²) in [4.78, 5) is 50.2. The van der Waals surface area contributed by atoms with Gasteiger partial charge in [0.05, 0.1) is 11.3 Å². The highest BCUT2D eigenvalue weighted by Gasteiger charge is 2.29. The molecule has 3 amide bonds. The molecule has 0 radical (unpaired) electrons. The summed E-state index contributed by atoms with van der Waals surface area (Å²) in [5, 5.41) is 14.4. The van der Waals surface area contributed by atoms with E-state index in [1.165, 1.54) is 30.0 Å². The first-order valence-electron chi connectivity index (χ1n) is 10.8. The van der Waals surface area contributed by atoms with Gasteiger partial charge in [-0.25, -0.2) is 9.59 Å². The summed E-state index contributed by atoms with van der Waals surface area (Å²) in [5.41, 5.74) is 1.43. The van der Waals surface area contributed by atoms with Crippen LogP contribution in [0.1, 0.15) is 29.8 Å². The van der Waals surface area contributed by atoms with Gasteiger partial charge in [0.2, 0.25) is 11.8 Å². The van der Waals surface area contributed by atoms with Gasteiger partial charge < -0.3 is 20.5 Å². The second kappa shape index (κ2) is 11.5. The first kappa shape index (κ1) is 25.0. The molecule has 0 fully saturated rings. The van der Waals surface area contributed by atoms with Crippen molar-refractivity contribution in [2.75, 3.05) is 15.5 Å². The molecule has 0 aliphatic rings. The minimum absolute atomic E-state index is 0.0358. The van der Waals surface area contributed by atoms with Gasteiger partial charge >= 0.3 is 12.1 Å². The van der Waals surface area contributed by atoms with Crippen LogP contribution in [0.15, 0.2) is 78.9 Å². The first-order chi connectivity index (χ1) is 16.8. The fraction of sp³-hybridized carbons (Fsp3) is 0.154. The van der Waals surface area contributed by atoms with Crippen LogP contribution in [-0.4, -0.2) is 35.0 Å². The Morgan fingerprint density at radius 3 is 2.14 bits per heavy atom. The predicted octanol–water partition coefficient (Wildman–Crippen LogP) is 4.51. The molecular weight excluding hydrogens is 450 g/mol. The Bertz CT molecular complexity index is 1210. The summed E-state index contributed by atoms with van der Waals surface area (Å²) in [6.07, 6.45) is -0.706. The molecule has 0 heterocycles. The number of amides is 3. The SMILES string of the molecule is CC(=O)Nc1cc(NC(=O)[C@H](C)N(C(=O)OCc2ccccc2)c2ccccc2)ccc1C(=O)O. The molecule has 3 aromatic carbocycles. The number of nitrogens with zero attached hydrogens (tertiary/aromatic N) is 1. The van der Waals surface area contributed by atoms with Crippen LogP contribution < -0.4 is 15.5 Å². The van der Waals surface area contributed by atoms with Crippen molar-refractivity contribution in [1.29, 1.82) is 0 Å². The van der Waals surface area contributed by atoms with Gasteiger partial charge in [0.15, 0.2) is 0 Å². The van der Waals surface area contributed by atoms with Crippen molar-refractivity contribution < 1.29 is 29.0 Å². The zero-order chi connectivity index (χ0) is 25.4. The van der Waals surface area contributed by atoms with E-state index in [9.17, 15) is 24.3 Å². The normalized spacial score (nSPS) is 11.1. The van der Waals surface area contributed by atoms with E-state index in [0.717, 1.165) is 5.56 Å². The number of rotatable bonds is 8. The molecular formula is C26H25N3O6. The maximum Gasteiger partial charge on any atom is 0.415 e. The van der Waals surface area contributed by atoms with Crippen LogP contribution >= 0.6 is 0 Å². The number of aromatic carboxylic acids is 1. The molecule has 0 aromatic heterocycles. The molecule has 9 nitrogen and oxygen atoms in total. The van der Waals surface area contributed by atoms with Crippen LogP contribution in [0.5, 0.6) is 0 Å². The number of ether oxygens (including phenoxy) is 1. The first-order valence-corrected chi connectivity index (χ1v) is 10.8. The second-order valence-corrected chi connectivity index (χ2v) is 7.66. The van der Waals surface area contributed by atoms with Gasteiger partial charge in [-0.2, -0.15) is 0 Å². The molecule has 3 rings (SSSR count). The van der Waals surface area contributed by atoms with E-state index in [1.54, 1.807) is 37.3 Å². The lowest BCUT2D eigenvalue weighted by Gasteiger charge is -2.28. The Kier molecular flexibility index (Phi) is 8.18. The van der Waals surface area contributed by atoms with Crippen molar-refractivity contribution in [3.63, 3.8) is 0 Å². The van der Waals surface area contributed by atoms with Crippen LogP contribution in [0.3, 0.4) is 0 Å². The molecule has 9 heteroatoms. The number of nitrogens with one attached hydrogen (secondary N) is 2. The number of anilines is 3. The Labute approximate surface area is 202 Å². The minimum atomic E-state index is -1.23. The third-order valence-corrected chi connectivity index (χ3v) is 5.03. The maximum absolute atomic E-state index is 13.1. The summed E-state index contributed by atoms with van der Waals surface area (Å²) in [7, 11) is 0. The van der Waals surface area contributed by atoms with Crippen molar-refractivity contribution in [3.8, 4) is 0 Å². The molecule has 0 unspecified atom stereocenters. The van der Waals surface area contributed by atoms with Gasteiger partial charge in [0.1, 0.15) is 12.6 Å². The number of benzene rings is 3. The number of carboxylic acid groups (broad SMARTS) is 1. The highest BCUT2D eigenvalue weighted by Crippen LogP contribution is 2.23. The number of hydrogen-bond acceptors (Lipinski definition) is 5. The van der Waals surface area contributed by atoms with Crippen LogP contribution in [0.4, 0.5) is 21.9 Å². The topological polar surface area (TPSA) is 125 Å². The summed E-state index contributed by atoms with van der Waals surface area (Å²) < 4.78 is 5.47. The van der Waals surface area contributed by atoms with Gasteiger partial charge in [-0.15, -0.1) is 0 Å².